The van der Waals surface area contributed by atoms with Gasteiger partial charge in [-0.3, -0.25) is 4.79 Å². The van der Waals surface area contributed by atoms with Crippen LogP contribution in [0.5, 0.6) is 0 Å². The van der Waals surface area contributed by atoms with Gasteiger partial charge in [-0.05, 0) is 24.0 Å². The fourth-order valence-corrected chi connectivity index (χ4v) is 2.10. The number of aryl methyl sites for hydroxylation is 1. The monoisotopic (exact) mass is 234 g/mol. The topological polar surface area (TPSA) is 50.4 Å². The average Bonchev–Trinajstić information content (AvgIpc) is 2.36. The smallest absolute Gasteiger partial charge is 0.246 e. The van der Waals surface area contributed by atoms with Crippen molar-refractivity contribution >= 4 is 11.6 Å². The van der Waals surface area contributed by atoms with Crippen molar-refractivity contribution in [2.75, 3.05) is 25.6 Å². The highest BCUT2D eigenvalue weighted by Crippen LogP contribution is 2.25. The van der Waals surface area contributed by atoms with Gasteiger partial charge in [0.2, 0.25) is 5.91 Å². The van der Waals surface area contributed by atoms with Crippen molar-refractivity contribution < 1.29 is 9.53 Å². The molecule has 0 radical (unpaired) electrons. The molecule has 1 aromatic carbocycles. The minimum absolute atomic E-state index is 0.0825. The summed E-state index contributed by atoms with van der Waals surface area (Å²) in [7, 11) is 1.52. The second-order valence-corrected chi connectivity index (χ2v) is 4.19. The Bertz CT molecular complexity index is 404. The molecular weight excluding hydrogens is 216 g/mol. The zero-order valence-electron chi connectivity index (χ0n) is 10.1. The Balaban J connectivity index is 2.03. The zero-order valence-corrected chi connectivity index (χ0v) is 10.1. The van der Waals surface area contributed by atoms with Crippen LogP contribution in [0.25, 0.3) is 0 Å². The number of nitrogens with one attached hydrogen (secondary N) is 2. The number of ether oxygens (including phenoxy) is 1. The van der Waals surface area contributed by atoms with Crippen molar-refractivity contribution in [3.8, 4) is 0 Å². The standard InChI is InChI=1S/C13H18N2O2/c1-17-9-12(16)15-8-11-5-2-4-10-6-3-7-14-13(10)11/h2,4-5,14H,3,6-9H2,1H3,(H,15,16). The number of para-hydroxylation sites is 1. The minimum Gasteiger partial charge on any atom is -0.385 e. The molecule has 0 saturated carbocycles. The first-order valence-corrected chi connectivity index (χ1v) is 5.91. The van der Waals surface area contributed by atoms with E-state index in [0.717, 1.165) is 18.5 Å². The number of methoxy groups -OCH3 is 1. The van der Waals surface area contributed by atoms with E-state index in [1.165, 1.54) is 24.8 Å². The number of hydrogen-bond acceptors (Lipinski definition) is 3. The van der Waals surface area contributed by atoms with E-state index in [2.05, 4.69) is 16.7 Å². The largest absolute Gasteiger partial charge is 0.385 e. The predicted octanol–water partition coefficient (Wildman–Crippen LogP) is 1.31. The van der Waals surface area contributed by atoms with Crippen LogP contribution in [-0.2, 0) is 22.5 Å². The molecule has 17 heavy (non-hydrogen) atoms. The van der Waals surface area contributed by atoms with Crippen molar-refractivity contribution in [2.45, 2.75) is 19.4 Å². The molecule has 0 atom stereocenters. The number of rotatable bonds is 4. The van der Waals surface area contributed by atoms with Gasteiger partial charge < -0.3 is 15.4 Å². The highest BCUT2D eigenvalue weighted by Gasteiger charge is 2.12. The van der Waals surface area contributed by atoms with E-state index in [0.29, 0.717) is 6.54 Å². The van der Waals surface area contributed by atoms with Crippen LogP contribution >= 0.6 is 0 Å². The van der Waals surface area contributed by atoms with E-state index in [9.17, 15) is 4.79 Å². The Hall–Kier alpha value is -1.55. The van der Waals surface area contributed by atoms with Gasteiger partial charge in [0.1, 0.15) is 6.61 Å². The maximum Gasteiger partial charge on any atom is 0.246 e. The molecule has 1 aliphatic heterocycles. The van der Waals surface area contributed by atoms with Crippen LogP contribution in [-0.4, -0.2) is 26.2 Å². The molecule has 0 spiro atoms. The quantitative estimate of drug-likeness (QED) is 0.825. The summed E-state index contributed by atoms with van der Waals surface area (Å²) in [6, 6.07) is 6.23. The summed E-state index contributed by atoms with van der Waals surface area (Å²) in [6.45, 7) is 1.68. The van der Waals surface area contributed by atoms with Gasteiger partial charge in [-0.15, -0.1) is 0 Å². The van der Waals surface area contributed by atoms with Crippen LogP contribution in [0.2, 0.25) is 0 Å². The zero-order chi connectivity index (χ0) is 12.1. The summed E-state index contributed by atoms with van der Waals surface area (Å²) < 4.78 is 4.78. The van der Waals surface area contributed by atoms with E-state index in [4.69, 9.17) is 4.74 Å². The lowest BCUT2D eigenvalue weighted by molar-refractivity contribution is -0.124. The van der Waals surface area contributed by atoms with Gasteiger partial charge in [-0.25, -0.2) is 0 Å². The molecular formula is C13H18N2O2. The number of fused-ring (bicyclic) bond motifs is 1. The van der Waals surface area contributed by atoms with Gasteiger partial charge >= 0.3 is 0 Å². The molecule has 0 aliphatic carbocycles. The van der Waals surface area contributed by atoms with Crippen molar-refractivity contribution in [2.24, 2.45) is 0 Å². The van der Waals surface area contributed by atoms with Gasteiger partial charge in [-0.1, -0.05) is 18.2 Å². The number of anilines is 1. The predicted molar refractivity (Wildman–Crippen MR) is 67.0 cm³/mol. The molecule has 1 heterocycles. The highest BCUT2D eigenvalue weighted by atomic mass is 16.5. The summed E-state index contributed by atoms with van der Waals surface area (Å²) in [5.74, 6) is -0.0825. The second kappa shape index (κ2) is 5.68. The molecule has 2 N–H and O–H groups in total. The first-order valence-electron chi connectivity index (χ1n) is 5.91. The van der Waals surface area contributed by atoms with Crippen LogP contribution < -0.4 is 10.6 Å². The average molecular weight is 234 g/mol. The first-order chi connectivity index (χ1) is 8.31. The summed E-state index contributed by atoms with van der Waals surface area (Å²) in [6.07, 6.45) is 2.29. The molecule has 92 valence electrons. The number of carbonyl (C=O) groups excluding carboxylic acids is 1. The van der Waals surface area contributed by atoms with Crippen LogP contribution in [0, 0.1) is 0 Å². The fraction of sp³-hybridized carbons (Fsp3) is 0.462. The number of amides is 1. The molecule has 1 aliphatic rings. The number of carbonyl (C=O) groups is 1. The fourth-order valence-electron chi connectivity index (χ4n) is 2.10. The van der Waals surface area contributed by atoms with Crippen molar-refractivity contribution in [3.63, 3.8) is 0 Å². The SMILES string of the molecule is COCC(=O)NCc1cccc2c1NCCC2. The lowest BCUT2D eigenvalue weighted by Crippen LogP contribution is -2.27. The summed E-state index contributed by atoms with van der Waals surface area (Å²) in [5.41, 5.74) is 3.68. The Morgan fingerprint density at radius 2 is 2.41 bits per heavy atom. The molecule has 1 aromatic rings. The molecule has 0 unspecified atom stereocenters. The summed E-state index contributed by atoms with van der Waals surface area (Å²) in [4.78, 5) is 11.3. The third-order valence-electron chi connectivity index (χ3n) is 2.91. The molecule has 0 fully saturated rings. The molecule has 1 amide bonds. The normalized spacial score (nSPS) is 13.7. The van der Waals surface area contributed by atoms with E-state index in [1.807, 2.05) is 12.1 Å². The van der Waals surface area contributed by atoms with Crippen molar-refractivity contribution in [1.82, 2.24) is 5.32 Å². The molecule has 0 bridgehead atoms. The van der Waals surface area contributed by atoms with Gasteiger partial charge in [0.25, 0.3) is 0 Å². The summed E-state index contributed by atoms with van der Waals surface area (Å²) >= 11 is 0. The van der Waals surface area contributed by atoms with E-state index >= 15 is 0 Å². The maximum atomic E-state index is 11.3. The second-order valence-electron chi connectivity index (χ2n) is 4.19. The Morgan fingerprint density at radius 1 is 1.53 bits per heavy atom. The van der Waals surface area contributed by atoms with E-state index in [-0.39, 0.29) is 12.5 Å². The van der Waals surface area contributed by atoms with Gasteiger partial charge in [0.15, 0.2) is 0 Å². The Morgan fingerprint density at radius 3 is 3.24 bits per heavy atom. The van der Waals surface area contributed by atoms with Crippen LogP contribution in [0.4, 0.5) is 5.69 Å². The Labute approximate surface area is 101 Å². The number of hydrogen-bond donors (Lipinski definition) is 2. The van der Waals surface area contributed by atoms with Crippen molar-refractivity contribution in [3.05, 3.63) is 29.3 Å². The van der Waals surface area contributed by atoms with E-state index < -0.39 is 0 Å². The van der Waals surface area contributed by atoms with Gasteiger partial charge in [0, 0.05) is 25.9 Å². The van der Waals surface area contributed by atoms with Crippen LogP contribution in [0.3, 0.4) is 0 Å². The van der Waals surface area contributed by atoms with Gasteiger partial charge in [0.05, 0.1) is 0 Å². The third-order valence-corrected chi connectivity index (χ3v) is 2.91. The molecule has 0 saturated heterocycles. The lowest BCUT2D eigenvalue weighted by Gasteiger charge is -2.21. The first kappa shape index (κ1) is 11.9. The third kappa shape index (κ3) is 2.97. The van der Waals surface area contributed by atoms with Gasteiger partial charge in [-0.2, -0.15) is 0 Å². The number of benzene rings is 1. The molecule has 4 nitrogen and oxygen atoms in total. The lowest BCUT2D eigenvalue weighted by atomic mass is 9.99. The molecule has 2 rings (SSSR count). The van der Waals surface area contributed by atoms with Crippen LogP contribution in [0.15, 0.2) is 18.2 Å². The Kier molecular flexibility index (Phi) is 3.98. The molecule has 4 heteroatoms. The van der Waals surface area contributed by atoms with Crippen LogP contribution in [0.1, 0.15) is 17.5 Å². The molecule has 0 aromatic heterocycles. The van der Waals surface area contributed by atoms with E-state index in [1.54, 1.807) is 0 Å². The summed E-state index contributed by atoms with van der Waals surface area (Å²) in [5, 5.41) is 6.25. The highest BCUT2D eigenvalue weighted by molar-refractivity contribution is 5.77. The maximum absolute atomic E-state index is 11.3. The minimum atomic E-state index is -0.0825. The van der Waals surface area contributed by atoms with Crippen molar-refractivity contribution in [1.29, 1.82) is 0 Å².